The molecule has 2 heterocycles. The van der Waals surface area contributed by atoms with Gasteiger partial charge < -0.3 is 5.32 Å². The van der Waals surface area contributed by atoms with Crippen LogP contribution >= 0.6 is 23.1 Å². The number of amides is 1. The molecule has 3 aromatic rings. The quantitative estimate of drug-likeness (QED) is 0.454. The highest BCUT2D eigenvalue weighted by molar-refractivity contribution is 7.98. The minimum Gasteiger partial charge on any atom is -0.349 e. The van der Waals surface area contributed by atoms with Gasteiger partial charge in [-0.15, -0.1) is 23.1 Å². The number of carbonyl (C=O) groups excluding carboxylic acids is 1. The molecule has 2 saturated carbocycles. The lowest BCUT2D eigenvalue weighted by molar-refractivity contribution is 0.0938. The summed E-state index contributed by atoms with van der Waals surface area (Å²) in [6.45, 7) is 0. The van der Waals surface area contributed by atoms with Crippen molar-refractivity contribution in [3.05, 3.63) is 47.0 Å². The van der Waals surface area contributed by atoms with Crippen LogP contribution < -0.4 is 5.32 Å². The summed E-state index contributed by atoms with van der Waals surface area (Å²) in [4.78, 5) is 27.7. The van der Waals surface area contributed by atoms with Crippen LogP contribution in [-0.4, -0.2) is 33.2 Å². The molecule has 0 aliphatic heterocycles. The fourth-order valence-electron chi connectivity index (χ4n) is 5.15. The van der Waals surface area contributed by atoms with Crippen LogP contribution in [0.15, 0.2) is 35.5 Å². The highest BCUT2D eigenvalue weighted by Gasteiger charge is 2.27. The van der Waals surface area contributed by atoms with E-state index >= 15 is 0 Å². The Morgan fingerprint density at radius 3 is 2.59 bits per heavy atom. The number of fused-ring (bicyclic) bond motifs is 1. The zero-order chi connectivity index (χ0) is 21.9. The maximum atomic E-state index is 12.6. The molecule has 1 N–H and O–H groups in total. The molecule has 0 spiro atoms. The molecule has 1 aromatic carbocycles. The number of aromatic nitrogens is 3. The molecule has 0 radical (unpaired) electrons. The molecule has 0 bridgehead atoms. The van der Waals surface area contributed by atoms with E-state index in [4.69, 9.17) is 4.98 Å². The second-order valence-electron chi connectivity index (χ2n) is 9.24. The third-order valence-corrected chi connectivity index (χ3v) is 8.61. The van der Waals surface area contributed by atoms with Gasteiger partial charge in [0.05, 0.1) is 15.2 Å². The molecule has 2 atom stereocenters. The molecule has 7 heteroatoms. The summed E-state index contributed by atoms with van der Waals surface area (Å²) in [6.07, 6.45) is 16.3. The number of benzene rings is 1. The Labute approximate surface area is 197 Å². The fourth-order valence-corrected chi connectivity index (χ4v) is 6.59. The van der Waals surface area contributed by atoms with Gasteiger partial charge in [0.2, 0.25) is 0 Å². The SMILES string of the molecule is CSc1cnc(C[C@H]2CC[C@H](Cc3nc4ccc(C(=O)NC5CCCC5)cc4s3)C2)nc1. The molecule has 5 rings (SSSR count). The summed E-state index contributed by atoms with van der Waals surface area (Å²) < 4.78 is 1.12. The van der Waals surface area contributed by atoms with Gasteiger partial charge in [-0.1, -0.05) is 12.8 Å². The Kier molecular flexibility index (Phi) is 6.74. The Hall–Kier alpha value is -1.99. The maximum Gasteiger partial charge on any atom is 0.251 e. The van der Waals surface area contributed by atoms with E-state index in [1.807, 2.05) is 36.8 Å². The molecule has 0 unspecified atom stereocenters. The van der Waals surface area contributed by atoms with E-state index < -0.39 is 0 Å². The van der Waals surface area contributed by atoms with Gasteiger partial charge in [-0.2, -0.15) is 0 Å². The number of thioether (sulfide) groups is 1. The average molecular weight is 467 g/mol. The van der Waals surface area contributed by atoms with Crippen LogP contribution in [0, 0.1) is 11.8 Å². The van der Waals surface area contributed by atoms with Crippen LogP contribution in [0.3, 0.4) is 0 Å². The van der Waals surface area contributed by atoms with Gasteiger partial charge in [-0.05, 0) is 68.4 Å². The van der Waals surface area contributed by atoms with Crippen molar-refractivity contribution < 1.29 is 4.79 Å². The van der Waals surface area contributed by atoms with Crippen LogP contribution in [0.2, 0.25) is 0 Å². The van der Waals surface area contributed by atoms with Crippen LogP contribution in [0.25, 0.3) is 10.2 Å². The predicted molar refractivity (Wildman–Crippen MR) is 131 cm³/mol. The number of carbonyl (C=O) groups is 1. The van der Waals surface area contributed by atoms with Crippen LogP contribution in [-0.2, 0) is 12.8 Å². The largest absolute Gasteiger partial charge is 0.349 e. The molecule has 0 saturated heterocycles. The normalized spacial score (nSPS) is 21.4. The highest BCUT2D eigenvalue weighted by atomic mass is 32.2. The van der Waals surface area contributed by atoms with Crippen molar-refractivity contribution in [2.24, 2.45) is 11.8 Å². The molecule has 2 fully saturated rings. The molecular formula is C25H30N4OS2. The van der Waals surface area contributed by atoms with E-state index in [2.05, 4.69) is 15.3 Å². The first-order valence-electron chi connectivity index (χ1n) is 11.7. The Balaban J connectivity index is 1.18. The van der Waals surface area contributed by atoms with E-state index in [9.17, 15) is 4.79 Å². The summed E-state index contributed by atoms with van der Waals surface area (Å²) in [6, 6.07) is 6.29. The van der Waals surface area contributed by atoms with Crippen LogP contribution in [0.1, 0.15) is 66.1 Å². The maximum absolute atomic E-state index is 12.6. The number of rotatable bonds is 7. The lowest BCUT2D eigenvalue weighted by Gasteiger charge is -2.11. The zero-order valence-electron chi connectivity index (χ0n) is 18.5. The topological polar surface area (TPSA) is 67.8 Å². The number of thiazole rings is 1. The highest BCUT2D eigenvalue weighted by Crippen LogP contribution is 2.36. The number of nitrogens with one attached hydrogen (secondary N) is 1. The van der Waals surface area contributed by atoms with Crippen molar-refractivity contribution in [2.45, 2.75) is 68.7 Å². The van der Waals surface area contributed by atoms with Gasteiger partial charge >= 0.3 is 0 Å². The smallest absolute Gasteiger partial charge is 0.251 e. The molecule has 2 aliphatic carbocycles. The van der Waals surface area contributed by atoms with E-state index in [1.165, 1.54) is 37.1 Å². The van der Waals surface area contributed by atoms with Gasteiger partial charge in [0.1, 0.15) is 5.82 Å². The van der Waals surface area contributed by atoms with E-state index in [0.29, 0.717) is 17.9 Å². The van der Waals surface area contributed by atoms with Crippen molar-refractivity contribution >= 4 is 39.2 Å². The molecule has 32 heavy (non-hydrogen) atoms. The van der Waals surface area contributed by atoms with Crippen molar-refractivity contribution in [3.63, 3.8) is 0 Å². The van der Waals surface area contributed by atoms with Crippen LogP contribution in [0.5, 0.6) is 0 Å². The molecule has 168 valence electrons. The van der Waals surface area contributed by atoms with E-state index in [0.717, 1.165) is 52.2 Å². The van der Waals surface area contributed by atoms with Gasteiger partial charge in [-0.25, -0.2) is 15.0 Å². The summed E-state index contributed by atoms with van der Waals surface area (Å²) in [5.41, 5.74) is 1.77. The minimum absolute atomic E-state index is 0.0557. The van der Waals surface area contributed by atoms with Crippen molar-refractivity contribution in [1.82, 2.24) is 20.3 Å². The standard InChI is InChI=1S/C25H30N4OS2/c1-31-20-14-26-23(27-15-20)11-16-6-7-17(10-16)12-24-29-21-9-8-18(13-22(21)32-24)25(30)28-19-4-2-3-5-19/h8-9,13-17,19H,2-7,10-12H2,1H3,(H,28,30)/t16-,17-/m0/s1. The third kappa shape index (κ3) is 5.15. The van der Waals surface area contributed by atoms with Crippen molar-refractivity contribution in [2.75, 3.05) is 6.26 Å². The summed E-state index contributed by atoms with van der Waals surface area (Å²) in [5, 5.41) is 4.38. The summed E-state index contributed by atoms with van der Waals surface area (Å²) in [7, 11) is 0. The monoisotopic (exact) mass is 466 g/mol. The zero-order valence-corrected chi connectivity index (χ0v) is 20.2. The molecule has 5 nitrogen and oxygen atoms in total. The lowest BCUT2D eigenvalue weighted by atomic mass is 9.99. The Morgan fingerprint density at radius 2 is 1.84 bits per heavy atom. The van der Waals surface area contributed by atoms with Gasteiger partial charge in [0.25, 0.3) is 5.91 Å². The Bertz CT molecular complexity index is 1080. The molecule has 2 aromatic heterocycles. The van der Waals surface area contributed by atoms with Gasteiger partial charge in [0, 0.05) is 41.7 Å². The van der Waals surface area contributed by atoms with Gasteiger partial charge in [0.15, 0.2) is 0 Å². The molecular weight excluding hydrogens is 436 g/mol. The second-order valence-corrected chi connectivity index (χ2v) is 11.2. The number of hydrogen-bond donors (Lipinski definition) is 1. The first-order valence-corrected chi connectivity index (χ1v) is 13.8. The van der Waals surface area contributed by atoms with Crippen LogP contribution in [0.4, 0.5) is 0 Å². The summed E-state index contributed by atoms with van der Waals surface area (Å²) >= 11 is 3.43. The fraction of sp³-hybridized carbons (Fsp3) is 0.520. The van der Waals surface area contributed by atoms with Crippen molar-refractivity contribution in [3.8, 4) is 0 Å². The predicted octanol–water partition coefficient (Wildman–Crippen LogP) is 5.68. The second kappa shape index (κ2) is 9.87. The first kappa shape index (κ1) is 21.8. The Morgan fingerprint density at radius 1 is 1.09 bits per heavy atom. The third-order valence-electron chi connectivity index (χ3n) is 6.89. The number of nitrogens with zero attached hydrogens (tertiary/aromatic N) is 3. The summed E-state index contributed by atoms with van der Waals surface area (Å²) in [5.74, 6) is 2.37. The number of hydrogen-bond acceptors (Lipinski definition) is 6. The lowest BCUT2D eigenvalue weighted by Crippen LogP contribution is -2.32. The molecule has 1 amide bonds. The van der Waals surface area contributed by atoms with E-state index in [1.54, 1.807) is 23.1 Å². The minimum atomic E-state index is 0.0557. The van der Waals surface area contributed by atoms with Crippen molar-refractivity contribution in [1.29, 1.82) is 0 Å². The molecule has 2 aliphatic rings. The first-order chi connectivity index (χ1) is 15.7. The average Bonchev–Trinajstić information content (AvgIpc) is 3.55. The van der Waals surface area contributed by atoms with Gasteiger partial charge in [-0.3, -0.25) is 4.79 Å². The van der Waals surface area contributed by atoms with E-state index in [-0.39, 0.29) is 5.91 Å².